The van der Waals surface area contributed by atoms with E-state index in [1.807, 2.05) is 19.2 Å². The van der Waals surface area contributed by atoms with Gasteiger partial charge >= 0.3 is 0 Å². The Labute approximate surface area is 143 Å². The maximum absolute atomic E-state index is 4.39. The van der Waals surface area contributed by atoms with Gasteiger partial charge in [-0.05, 0) is 36.6 Å². The predicted molar refractivity (Wildman–Crippen MR) is 99.8 cm³/mol. The van der Waals surface area contributed by atoms with E-state index in [0.717, 1.165) is 23.9 Å². The number of nitrogens with zero attached hydrogens (tertiary/aromatic N) is 3. The molecule has 4 nitrogen and oxygen atoms in total. The summed E-state index contributed by atoms with van der Waals surface area (Å²) >= 11 is 0. The molecule has 24 heavy (non-hydrogen) atoms. The Morgan fingerprint density at radius 2 is 1.75 bits per heavy atom. The van der Waals surface area contributed by atoms with Gasteiger partial charge in [-0.1, -0.05) is 42.5 Å². The quantitative estimate of drug-likeness (QED) is 0.753. The number of aromatic nitrogens is 2. The molecule has 1 aromatic heterocycles. The van der Waals surface area contributed by atoms with Crippen molar-refractivity contribution in [1.82, 2.24) is 9.97 Å². The van der Waals surface area contributed by atoms with Crippen LogP contribution in [-0.2, 0) is 6.54 Å². The molecule has 1 heterocycles. The molecule has 0 saturated heterocycles. The van der Waals surface area contributed by atoms with E-state index in [1.165, 1.54) is 16.7 Å². The SMILES string of the molecule is Cc1ccc(C)c(Nc2cc(N(C)Cc3ccccc3)ncn2)c1. The first-order valence-electron chi connectivity index (χ1n) is 8.03. The highest BCUT2D eigenvalue weighted by Gasteiger charge is 2.07. The molecule has 0 aliphatic rings. The Hall–Kier alpha value is -2.88. The second-order valence-corrected chi connectivity index (χ2v) is 6.05. The number of hydrogen-bond acceptors (Lipinski definition) is 4. The van der Waals surface area contributed by atoms with E-state index < -0.39 is 0 Å². The molecule has 2 aromatic carbocycles. The van der Waals surface area contributed by atoms with Crippen LogP contribution in [0.5, 0.6) is 0 Å². The van der Waals surface area contributed by atoms with Crippen LogP contribution in [0.3, 0.4) is 0 Å². The van der Waals surface area contributed by atoms with E-state index in [9.17, 15) is 0 Å². The summed E-state index contributed by atoms with van der Waals surface area (Å²) in [7, 11) is 2.04. The van der Waals surface area contributed by atoms with Gasteiger partial charge in [0.1, 0.15) is 18.0 Å². The molecule has 4 heteroatoms. The second kappa shape index (κ2) is 7.13. The molecule has 0 amide bonds. The average molecular weight is 318 g/mol. The van der Waals surface area contributed by atoms with Crippen molar-refractivity contribution in [3.8, 4) is 0 Å². The summed E-state index contributed by atoms with van der Waals surface area (Å²) in [5.41, 5.74) is 4.74. The highest BCUT2D eigenvalue weighted by Crippen LogP contribution is 2.22. The van der Waals surface area contributed by atoms with Gasteiger partial charge < -0.3 is 10.2 Å². The standard InChI is InChI=1S/C20H22N4/c1-15-9-10-16(2)18(11-15)23-19-12-20(22-14-21-19)24(3)13-17-7-5-4-6-8-17/h4-12,14H,13H2,1-3H3,(H,21,22,23). The summed E-state index contributed by atoms with van der Waals surface area (Å²) in [5, 5.41) is 3.39. The van der Waals surface area contributed by atoms with Crippen molar-refractivity contribution >= 4 is 17.3 Å². The first-order valence-corrected chi connectivity index (χ1v) is 8.03. The second-order valence-electron chi connectivity index (χ2n) is 6.05. The molecule has 3 aromatic rings. The van der Waals surface area contributed by atoms with Gasteiger partial charge in [0.15, 0.2) is 0 Å². The van der Waals surface area contributed by atoms with Crippen molar-refractivity contribution in [3.05, 3.63) is 77.6 Å². The van der Waals surface area contributed by atoms with Crippen LogP contribution in [0.15, 0.2) is 60.9 Å². The predicted octanol–water partition coefficient (Wildman–Crippen LogP) is 4.47. The number of anilines is 3. The Morgan fingerprint density at radius 1 is 0.958 bits per heavy atom. The largest absolute Gasteiger partial charge is 0.355 e. The molecule has 0 bridgehead atoms. The Kier molecular flexibility index (Phi) is 4.75. The van der Waals surface area contributed by atoms with E-state index >= 15 is 0 Å². The van der Waals surface area contributed by atoms with Crippen LogP contribution in [0.1, 0.15) is 16.7 Å². The maximum Gasteiger partial charge on any atom is 0.135 e. The molecule has 0 saturated carbocycles. The third kappa shape index (κ3) is 3.90. The Balaban J connectivity index is 1.77. The summed E-state index contributed by atoms with van der Waals surface area (Å²) in [4.78, 5) is 10.9. The highest BCUT2D eigenvalue weighted by atomic mass is 15.2. The summed E-state index contributed by atoms with van der Waals surface area (Å²) in [6.45, 7) is 4.98. The van der Waals surface area contributed by atoms with Gasteiger partial charge in [0.2, 0.25) is 0 Å². The van der Waals surface area contributed by atoms with Crippen LogP contribution in [0.25, 0.3) is 0 Å². The lowest BCUT2D eigenvalue weighted by Gasteiger charge is -2.19. The van der Waals surface area contributed by atoms with Crippen molar-refractivity contribution in [3.63, 3.8) is 0 Å². The summed E-state index contributed by atoms with van der Waals surface area (Å²) < 4.78 is 0. The Morgan fingerprint density at radius 3 is 2.54 bits per heavy atom. The third-order valence-corrected chi connectivity index (χ3v) is 3.96. The molecular weight excluding hydrogens is 296 g/mol. The number of aryl methyl sites for hydroxylation is 2. The molecule has 0 aliphatic carbocycles. The van der Waals surface area contributed by atoms with Gasteiger partial charge in [-0.15, -0.1) is 0 Å². The normalized spacial score (nSPS) is 10.5. The van der Waals surface area contributed by atoms with Crippen molar-refractivity contribution in [1.29, 1.82) is 0 Å². The minimum Gasteiger partial charge on any atom is -0.355 e. The van der Waals surface area contributed by atoms with Crippen molar-refractivity contribution in [2.24, 2.45) is 0 Å². The zero-order chi connectivity index (χ0) is 16.9. The lowest BCUT2D eigenvalue weighted by Crippen LogP contribution is -2.18. The first kappa shape index (κ1) is 16.0. The molecule has 0 unspecified atom stereocenters. The van der Waals surface area contributed by atoms with Gasteiger partial charge in [-0.2, -0.15) is 0 Å². The van der Waals surface area contributed by atoms with Crippen LogP contribution in [-0.4, -0.2) is 17.0 Å². The fraction of sp³-hybridized carbons (Fsp3) is 0.200. The van der Waals surface area contributed by atoms with E-state index in [2.05, 4.69) is 76.5 Å². The van der Waals surface area contributed by atoms with Crippen LogP contribution < -0.4 is 10.2 Å². The van der Waals surface area contributed by atoms with Crippen LogP contribution >= 0.6 is 0 Å². The first-order chi connectivity index (χ1) is 11.6. The Bertz CT molecular complexity index is 815. The number of nitrogens with one attached hydrogen (secondary N) is 1. The molecule has 0 fully saturated rings. The van der Waals surface area contributed by atoms with E-state index in [-0.39, 0.29) is 0 Å². The average Bonchev–Trinajstić information content (AvgIpc) is 2.59. The smallest absolute Gasteiger partial charge is 0.135 e. The van der Waals surface area contributed by atoms with Crippen LogP contribution in [0.4, 0.5) is 17.3 Å². The van der Waals surface area contributed by atoms with Crippen LogP contribution in [0, 0.1) is 13.8 Å². The van der Waals surface area contributed by atoms with Gasteiger partial charge in [-0.3, -0.25) is 0 Å². The van der Waals surface area contributed by atoms with Crippen molar-refractivity contribution in [2.75, 3.05) is 17.3 Å². The minimum absolute atomic E-state index is 0.800. The van der Waals surface area contributed by atoms with Crippen molar-refractivity contribution in [2.45, 2.75) is 20.4 Å². The molecule has 0 aliphatic heterocycles. The minimum atomic E-state index is 0.800. The lowest BCUT2D eigenvalue weighted by atomic mass is 10.1. The fourth-order valence-electron chi connectivity index (χ4n) is 2.57. The van der Waals surface area contributed by atoms with E-state index in [0.29, 0.717) is 0 Å². The zero-order valence-electron chi connectivity index (χ0n) is 14.3. The third-order valence-electron chi connectivity index (χ3n) is 3.96. The molecule has 1 N–H and O–H groups in total. The van der Waals surface area contributed by atoms with Gasteiger partial charge in [-0.25, -0.2) is 9.97 Å². The number of benzene rings is 2. The summed E-state index contributed by atoms with van der Waals surface area (Å²) in [6, 6.07) is 18.7. The molecule has 0 radical (unpaired) electrons. The summed E-state index contributed by atoms with van der Waals surface area (Å²) in [6.07, 6.45) is 1.60. The molecular formula is C20H22N4. The topological polar surface area (TPSA) is 41.0 Å². The van der Waals surface area contributed by atoms with Gasteiger partial charge in [0.05, 0.1) is 0 Å². The van der Waals surface area contributed by atoms with E-state index in [1.54, 1.807) is 6.33 Å². The fourth-order valence-corrected chi connectivity index (χ4v) is 2.57. The lowest BCUT2D eigenvalue weighted by molar-refractivity contribution is 0.892. The van der Waals surface area contributed by atoms with Crippen molar-refractivity contribution < 1.29 is 0 Å². The highest BCUT2D eigenvalue weighted by molar-refractivity contribution is 5.63. The number of hydrogen-bond donors (Lipinski definition) is 1. The molecule has 122 valence electrons. The van der Waals surface area contributed by atoms with Gasteiger partial charge in [0.25, 0.3) is 0 Å². The molecule has 0 atom stereocenters. The zero-order valence-corrected chi connectivity index (χ0v) is 14.3. The monoisotopic (exact) mass is 318 g/mol. The van der Waals surface area contributed by atoms with E-state index in [4.69, 9.17) is 0 Å². The molecule has 0 spiro atoms. The number of rotatable bonds is 5. The maximum atomic E-state index is 4.39. The van der Waals surface area contributed by atoms with Crippen LogP contribution in [0.2, 0.25) is 0 Å². The van der Waals surface area contributed by atoms with Gasteiger partial charge in [0, 0.05) is 25.3 Å². The molecule has 3 rings (SSSR count). The summed E-state index contributed by atoms with van der Waals surface area (Å²) in [5.74, 6) is 1.69.